The monoisotopic (exact) mass is 356 g/mol. The fourth-order valence-electron chi connectivity index (χ4n) is 3.86. The van der Waals surface area contributed by atoms with Crippen molar-refractivity contribution in [1.82, 2.24) is 19.9 Å². The Morgan fingerprint density at radius 3 is 2.85 bits per heavy atom. The van der Waals surface area contributed by atoms with E-state index in [-0.39, 0.29) is 0 Å². The van der Waals surface area contributed by atoms with E-state index >= 15 is 0 Å². The summed E-state index contributed by atoms with van der Waals surface area (Å²) in [6, 6.07) is 14.4. The molecule has 5 heteroatoms. The highest BCUT2D eigenvalue weighted by molar-refractivity contribution is 5.82. The molecule has 1 fully saturated rings. The van der Waals surface area contributed by atoms with Crippen LogP contribution in [0.5, 0.6) is 0 Å². The van der Waals surface area contributed by atoms with Gasteiger partial charge in [0.2, 0.25) is 0 Å². The molecule has 5 rings (SSSR count). The fraction of sp³-hybridized carbons (Fsp3) is 0.227. The number of likely N-dealkylation sites (tertiary alicyclic amines) is 1. The van der Waals surface area contributed by atoms with Gasteiger partial charge in [-0.15, -0.1) is 0 Å². The summed E-state index contributed by atoms with van der Waals surface area (Å²) in [7, 11) is 0. The quantitative estimate of drug-likeness (QED) is 0.546. The van der Waals surface area contributed by atoms with Crippen LogP contribution in [0, 0.1) is 0 Å². The van der Waals surface area contributed by atoms with Crippen molar-refractivity contribution in [2.75, 3.05) is 13.1 Å². The maximum atomic E-state index is 5.99. The van der Waals surface area contributed by atoms with Gasteiger partial charge in [0, 0.05) is 42.6 Å². The second-order valence-electron chi connectivity index (χ2n) is 7.09. The van der Waals surface area contributed by atoms with Gasteiger partial charge in [0.05, 0.1) is 0 Å². The molecule has 1 aliphatic rings. The van der Waals surface area contributed by atoms with Crippen molar-refractivity contribution in [3.63, 3.8) is 0 Å². The van der Waals surface area contributed by atoms with Gasteiger partial charge < -0.3 is 4.42 Å². The van der Waals surface area contributed by atoms with E-state index in [9.17, 15) is 0 Å². The molecule has 1 aliphatic heterocycles. The number of benzene rings is 1. The van der Waals surface area contributed by atoms with Gasteiger partial charge in [-0.1, -0.05) is 18.2 Å². The molecule has 134 valence electrons. The van der Waals surface area contributed by atoms with E-state index in [2.05, 4.69) is 44.1 Å². The van der Waals surface area contributed by atoms with E-state index < -0.39 is 0 Å². The molecule has 1 aromatic carbocycles. The van der Waals surface area contributed by atoms with Crippen molar-refractivity contribution in [3.05, 3.63) is 78.5 Å². The maximum absolute atomic E-state index is 5.99. The molecule has 0 amide bonds. The largest absolute Gasteiger partial charge is 0.454 e. The van der Waals surface area contributed by atoms with Gasteiger partial charge in [0.25, 0.3) is 0 Å². The Kier molecular flexibility index (Phi) is 4.14. The zero-order valence-electron chi connectivity index (χ0n) is 15.0. The van der Waals surface area contributed by atoms with Gasteiger partial charge >= 0.3 is 0 Å². The first-order valence-corrected chi connectivity index (χ1v) is 9.26. The molecule has 3 aromatic heterocycles. The lowest BCUT2D eigenvalue weighted by molar-refractivity contribution is 0.326. The minimum atomic E-state index is 0.515. The summed E-state index contributed by atoms with van der Waals surface area (Å²) < 4.78 is 5.99. The summed E-state index contributed by atoms with van der Waals surface area (Å²) in [5.74, 6) is 1.34. The number of para-hydroxylation sites is 1. The summed E-state index contributed by atoms with van der Waals surface area (Å²) in [6.45, 7) is 3.03. The summed E-state index contributed by atoms with van der Waals surface area (Å²) >= 11 is 0. The molecule has 0 N–H and O–H groups in total. The molecule has 5 nitrogen and oxygen atoms in total. The Morgan fingerprint density at radius 2 is 1.96 bits per heavy atom. The lowest BCUT2D eigenvalue weighted by Crippen LogP contribution is -2.20. The summed E-state index contributed by atoms with van der Waals surface area (Å²) in [4.78, 5) is 15.2. The average molecular weight is 356 g/mol. The van der Waals surface area contributed by atoms with Crippen molar-refractivity contribution < 1.29 is 4.42 Å². The van der Waals surface area contributed by atoms with E-state index in [1.54, 1.807) is 6.33 Å². The number of furan rings is 1. The van der Waals surface area contributed by atoms with Gasteiger partial charge in [-0.05, 0) is 48.7 Å². The smallest absolute Gasteiger partial charge is 0.153 e. The molecule has 1 unspecified atom stereocenters. The molecule has 4 heterocycles. The molecule has 4 aromatic rings. The van der Waals surface area contributed by atoms with Crippen LogP contribution < -0.4 is 0 Å². The number of rotatable bonds is 4. The zero-order valence-corrected chi connectivity index (χ0v) is 15.0. The van der Waals surface area contributed by atoms with Gasteiger partial charge in [-0.25, -0.2) is 9.97 Å². The highest BCUT2D eigenvalue weighted by Crippen LogP contribution is 2.32. The van der Waals surface area contributed by atoms with Crippen LogP contribution in [-0.2, 0) is 6.54 Å². The van der Waals surface area contributed by atoms with E-state index in [0.29, 0.717) is 5.92 Å². The molecule has 1 atom stereocenters. The second-order valence-corrected chi connectivity index (χ2v) is 7.09. The predicted octanol–water partition coefficient (Wildman–Crippen LogP) is 4.27. The van der Waals surface area contributed by atoms with Crippen LogP contribution in [0.2, 0.25) is 0 Å². The highest BCUT2D eigenvalue weighted by Gasteiger charge is 2.24. The van der Waals surface area contributed by atoms with Crippen molar-refractivity contribution in [3.8, 4) is 11.5 Å². The van der Waals surface area contributed by atoms with Gasteiger partial charge in [0.15, 0.2) is 5.76 Å². The van der Waals surface area contributed by atoms with E-state index in [1.807, 2.05) is 36.8 Å². The average Bonchev–Trinajstić information content (AvgIpc) is 3.36. The normalized spacial score (nSPS) is 17.6. The zero-order chi connectivity index (χ0) is 18.1. The number of hydrogen-bond acceptors (Lipinski definition) is 5. The maximum Gasteiger partial charge on any atom is 0.153 e. The summed E-state index contributed by atoms with van der Waals surface area (Å²) in [5, 5.41) is 1.11. The second kappa shape index (κ2) is 6.93. The van der Waals surface area contributed by atoms with Gasteiger partial charge in [-0.2, -0.15) is 0 Å². The lowest BCUT2D eigenvalue weighted by Gasteiger charge is -2.16. The van der Waals surface area contributed by atoms with Crippen LogP contribution >= 0.6 is 0 Å². The molecule has 0 spiro atoms. The molecule has 27 heavy (non-hydrogen) atoms. The van der Waals surface area contributed by atoms with E-state index in [0.717, 1.165) is 54.0 Å². The van der Waals surface area contributed by atoms with Crippen molar-refractivity contribution in [2.24, 2.45) is 0 Å². The van der Waals surface area contributed by atoms with E-state index in [4.69, 9.17) is 4.42 Å². The Balaban J connectivity index is 1.35. The first-order valence-electron chi connectivity index (χ1n) is 9.26. The molecule has 0 aliphatic carbocycles. The first kappa shape index (κ1) is 16.1. The molecular formula is C22H20N4O. The molecule has 1 saturated heterocycles. The third-order valence-corrected chi connectivity index (χ3v) is 5.23. The molecule has 0 bridgehead atoms. The summed E-state index contributed by atoms with van der Waals surface area (Å²) in [5.41, 5.74) is 4.29. The predicted molar refractivity (Wildman–Crippen MR) is 104 cm³/mol. The first-order chi connectivity index (χ1) is 13.3. The highest BCUT2D eigenvalue weighted by atomic mass is 16.3. The third kappa shape index (κ3) is 3.34. The van der Waals surface area contributed by atoms with Crippen LogP contribution in [0.4, 0.5) is 0 Å². The summed E-state index contributed by atoms with van der Waals surface area (Å²) in [6.07, 6.45) is 8.41. The Labute approximate surface area is 157 Å². The Hall–Kier alpha value is -3.05. The standard InChI is InChI=1S/C22H20N4O/c1-2-4-21-18(3-1)10-22(27-21)20-9-17(5-7-25-20)19-6-8-26(14-19)13-16-11-23-15-24-12-16/h1-5,7,9-12,15,19H,6,8,13-14H2. The minimum absolute atomic E-state index is 0.515. The van der Waals surface area contributed by atoms with Crippen LogP contribution in [0.25, 0.3) is 22.4 Å². The van der Waals surface area contributed by atoms with Gasteiger partial charge in [-0.3, -0.25) is 9.88 Å². The number of hydrogen-bond donors (Lipinski definition) is 0. The van der Waals surface area contributed by atoms with Crippen molar-refractivity contribution in [2.45, 2.75) is 18.9 Å². The number of pyridine rings is 1. The number of aromatic nitrogens is 3. The van der Waals surface area contributed by atoms with Crippen molar-refractivity contribution in [1.29, 1.82) is 0 Å². The van der Waals surface area contributed by atoms with Crippen LogP contribution in [0.15, 0.2) is 71.8 Å². The van der Waals surface area contributed by atoms with Crippen LogP contribution in [-0.4, -0.2) is 32.9 Å². The Morgan fingerprint density at radius 1 is 1.07 bits per heavy atom. The fourth-order valence-corrected chi connectivity index (χ4v) is 3.86. The van der Waals surface area contributed by atoms with Crippen LogP contribution in [0.3, 0.4) is 0 Å². The minimum Gasteiger partial charge on any atom is -0.454 e. The number of nitrogens with zero attached hydrogens (tertiary/aromatic N) is 4. The van der Waals surface area contributed by atoms with Crippen molar-refractivity contribution >= 4 is 11.0 Å². The Bertz CT molecular complexity index is 1030. The number of fused-ring (bicyclic) bond motifs is 1. The SMILES string of the molecule is c1ccc2oc(-c3cc(C4CCN(Cc5cncnc5)C4)ccn3)cc2c1. The topological polar surface area (TPSA) is 55.1 Å². The molecule has 0 radical (unpaired) electrons. The molecular weight excluding hydrogens is 336 g/mol. The third-order valence-electron chi connectivity index (χ3n) is 5.23. The van der Waals surface area contributed by atoms with Gasteiger partial charge in [0.1, 0.15) is 17.6 Å². The lowest BCUT2D eigenvalue weighted by atomic mass is 9.98. The molecule has 0 saturated carbocycles. The van der Waals surface area contributed by atoms with Crippen LogP contribution in [0.1, 0.15) is 23.5 Å². The van der Waals surface area contributed by atoms with E-state index in [1.165, 1.54) is 5.56 Å².